The van der Waals surface area contributed by atoms with E-state index in [-0.39, 0.29) is 28.8 Å². The van der Waals surface area contributed by atoms with Crippen LogP contribution >= 0.6 is 0 Å². The van der Waals surface area contributed by atoms with Gasteiger partial charge in [-0.15, -0.1) is 5.10 Å². The average molecular weight is 476 g/mol. The van der Waals surface area contributed by atoms with Crippen molar-refractivity contribution in [1.29, 1.82) is 0 Å². The molecule has 17 heteroatoms. The molecule has 182 valence electrons. The van der Waals surface area contributed by atoms with E-state index in [0.717, 1.165) is 0 Å². The minimum Gasteiger partial charge on any atom is -0.454 e. The van der Waals surface area contributed by atoms with Gasteiger partial charge in [-0.1, -0.05) is 0 Å². The first-order valence-electron chi connectivity index (χ1n) is 10.2. The van der Waals surface area contributed by atoms with Crippen LogP contribution in [-0.2, 0) is 23.8 Å². The van der Waals surface area contributed by atoms with Crippen LogP contribution in [0, 0.1) is 0 Å². The maximum absolute atomic E-state index is 12.5. The normalized spacial score (nSPS) is 24.0. The highest BCUT2D eigenvalue weighted by Crippen LogP contribution is 2.42. The van der Waals surface area contributed by atoms with Gasteiger partial charge in [0.05, 0.1) is 6.33 Å². The zero-order valence-electron chi connectivity index (χ0n) is 18.4. The number of tetrazole rings is 1. The van der Waals surface area contributed by atoms with Crippen LogP contribution < -0.4 is 22.5 Å². The Bertz CT molecular complexity index is 1180. The molecule has 0 bridgehead atoms. The van der Waals surface area contributed by atoms with E-state index < -0.39 is 48.6 Å². The minimum absolute atomic E-state index is 0.117. The van der Waals surface area contributed by atoms with Crippen LogP contribution in [0.3, 0.4) is 0 Å². The fourth-order valence-corrected chi connectivity index (χ4v) is 3.34. The van der Waals surface area contributed by atoms with Crippen molar-refractivity contribution in [3.05, 3.63) is 12.2 Å². The number of nitrogens with one attached hydrogen (secondary N) is 2. The zero-order valence-corrected chi connectivity index (χ0v) is 18.4. The van der Waals surface area contributed by atoms with E-state index in [0.29, 0.717) is 0 Å². The number of carbonyl (C=O) groups is 2. The van der Waals surface area contributed by atoms with Crippen molar-refractivity contribution in [3.63, 3.8) is 0 Å². The molecule has 1 fully saturated rings. The van der Waals surface area contributed by atoms with E-state index in [1.807, 2.05) is 0 Å². The lowest BCUT2D eigenvalue weighted by Crippen LogP contribution is -2.43. The van der Waals surface area contributed by atoms with Crippen molar-refractivity contribution < 1.29 is 23.8 Å². The molecule has 0 aromatic carbocycles. The Morgan fingerprint density at radius 1 is 1.18 bits per heavy atom. The molecule has 17 nitrogen and oxygen atoms in total. The average Bonchev–Trinajstić information content (AvgIpc) is 3.53. The molecular weight excluding hydrogens is 452 g/mol. The SMILES string of the molecule is CNc1nc(N)c2ncn([C@@H]3O[C@H](c4nnn[nH]4)[C@@H](OC(=O)[C@H](C)N)[C@H]3OC(=O)[C@H](C)N)c2n1. The third-order valence-corrected chi connectivity index (χ3v) is 5.01. The van der Waals surface area contributed by atoms with Gasteiger partial charge in [-0.25, -0.2) is 10.1 Å². The quantitative estimate of drug-likeness (QED) is 0.226. The number of nitrogens with two attached hydrogens (primary N) is 3. The Kier molecular flexibility index (Phi) is 6.22. The Balaban J connectivity index is 1.83. The third-order valence-electron chi connectivity index (χ3n) is 5.01. The predicted octanol–water partition coefficient (Wildman–Crippen LogP) is -2.25. The predicted molar refractivity (Wildman–Crippen MR) is 113 cm³/mol. The second-order valence-electron chi connectivity index (χ2n) is 7.62. The highest BCUT2D eigenvalue weighted by Gasteiger charge is 2.53. The Morgan fingerprint density at radius 3 is 2.44 bits per heavy atom. The molecule has 0 spiro atoms. The molecule has 3 aromatic rings. The molecule has 4 heterocycles. The number of rotatable bonds is 7. The molecule has 1 saturated heterocycles. The van der Waals surface area contributed by atoms with Gasteiger partial charge in [0.25, 0.3) is 0 Å². The van der Waals surface area contributed by atoms with Crippen LogP contribution in [-0.4, -0.2) is 83.4 Å². The van der Waals surface area contributed by atoms with E-state index in [1.165, 1.54) is 24.7 Å². The first-order valence-corrected chi connectivity index (χ1v) is 10.2. The zero-order chi connectivity index (χ0) is 24.6. The highest BCUT2D eigenvalue weighted by molar-refractivity contribution is 5.83. The van der Waals surface area contributed by atoms with Crippen LogP contribution in [0.1, 0.15) is 32.0 Å². The second kappa shape index (κ2) is 9.12. The largest absolute Gasteiger partial charge is 0.454 e. The van der Waals surface area contributed by atoms with Gasteiger partial charge in [0.1, 0.15) is 17.6 Å². The smallest absolute Gasteiger partial charge is 0.323 e. The van der Waals surface area contributed by atoms with Crippen molar-refractivity contribution in [2.45, 2.75) is 50.5 Å². The molecule has 3 aromatic heterocycles. The van der Waals surface area contributed by atoms with E-state index in [9.17, 15) is 9.59 Å². The fourth-order valence-electron chi connectivity index (χ4n) is 3.34. The van der Waals surface area contributed by atoms with E-state index in [2.05, 4.69) is 40.9 Å². The van der Waals surface area contributed by atoms with E-state index in [4.69, 9.17) is 31.4 Å². The van der Waals surface area contributed by atoms with Crippen molar-refractivity contribution in [2.24, 2.45) is 11.5 Å². The van der Waals surface area contributed by atoms with E-state index >= 15 is 0 Å². The van der Waals surface area contributed by atoms with Crippen LogP contribution in [0.15, 0.2) is 6.33 Å². The number of ether oxygens (including phenoxy) is 3. The Hall–Kier alpha value is -3.96. The van der Waals surface area contributed by atoms with Gasteiger partial charge < -0.3 is 36.7 Å². The van der Waals surface area contributed by atoms with Gasteiger partial charge in [0, 0.05) is 7.05 Å². The van der Waals surface area contributed by atoms with Crippen molar-refractivity contribution in [3.8, 4) is 0 Å². The van der Waals surface area contributed by atoms with Gasteiger partial charge in [-0.2, -0.15) is 9.97 Å². The van der Waals surface area contributed by atoms with Crippen molar-refractivity contribution in [2.75, 3.05) is 18.1 Å². The van der Waals surface area contributed by atoms with Crippen LogP contribution in [0.5, 0.6) is 0 Å². The molecule has 0 amide bonds. The molecule has 34 heavy (non-hydrogen) atoms. The molecule has 0 aliphatic carbocycles. The second-order valence-corrected chi connectivity index (χ2v) is 7.62. The first-order chi connectivity index (χ1) is 16.2. The molecule has 1 aliphatic rings. The number of carbonyl (C=O) groups excluding carboxylic acids is 2. The van der Waals surface area contributed by atoms with Crippen molar-refractivity contribution in [1.82, 2.24) is 40.1 Å². The maximum Gasteiger partial charge on any atom is 0.323 e. The van der Waals surface area contributed by atoms with Gasteiger partial charge in [-0.3, -0.25) is 14.2 Å². The van der Waals surface area contributed by atoms with E-state index in [1.54, 1.807) is 7.05 Å². The summed E-state index contributed by atoms with van der Waals surface area (Å²) in [5.74, 6) is -1.04. The lowest BCUT2D eigenvalue weighted by molar-refractivity contribution is -0.169. The number of fused-ring (bicyclic) bond motifs is 1. The number of nitrogen functional groups attached to an aromatic ring is 1. The van der Waals surface area contributed by atoms with Gasteiger partial charge >= 0.3 is 11.9 Å². The third kappa shape index (κ3) is 4.18. The Morgan fingerprint density at radius 2 is 1.85 bits per heavy atom. The minimum atomic E-state index is -1.21. The summed E-state index contributed by atoms with van der Waals surface area (Å²) in [6, 6.07) is -1.93. The number of hydrogen-bond acceptors (Lipinski definition) is 15. The van der Waals surface area contributed by atoms with Gasteiger partial charge in [0.15, 0.2) is 41.8 Å². The standard InChI is InChI=1S/C17H24N12O5/c1-5(18)15(30)33-8-9(12-25-27-28-26-12)32-14(10(8)34-16(31)6(2)19)29-4-22-7-11(20)23-17(21-3)24-13(7)29/h4-6,8-10,14H,18-19H2,1-3H3,(H3,20,21,23,24)(H,25,26,27,28)/t5-,6-,8+,9-,10+,14+/m0/s1. The molecule has 0 unspecified atom stereocenters. The van der Waals surface area contributed by atoms with Crippen LogP contribution in [0.25, 0.3) is 11.2 Å². The highest BCUT2D eigenvalue weighted by atomic mass is 16.6. The summed E-state index contributed by atoms with van der Waals surface area (Å²) >= 11 is 0. The summed E-state index contributed by atoms with van der Waals surface area (Å²) in [7, 11) is 1.62. The molecule has 4 rings (SSSR count). The summed E-state index contributed by atoms with van der Waals surface area (Å²) in [4.78, 5) is 37.7. The lowest BCUT2D eigenvalue weighted by Gasteiger charge is -2.25. The monoisotopic (exact) mass is 476 g/mol. The Labute approximate surface area is 191 Å². The number of hydrogen-bond donors (Lipinski definition) is 5. The van der Waals surface area contributed by atoms with Crippen LogP contribution in [0.2, 0.25) is 0 Å². The molecular formula is C17H24N12O5. The number of aromatic amines is 1. The summed E-state index contributed by atoms with van der Waals surface area (Å²) < 4.78 is 18.8. The van der Waals surface area contributed by atoms with Crippen LogP contribution in [0.4, 0.5) is 11.8 Å². The summed E-state index contributed by atoms with van der Waals surface area (Å²) in [6.45, 7) is 2.90. The van der Waals surface area contributed by atoms with Gasteiger partial charge in [0.2, 0.25) is 5.95 Å². The fraction of sp³-hybridized carbons (Fsp3) is 0.529. The summed E-state index contributed by atoms with van der Waals surface area (Å²) in [6.07, 6.45) is -3.16. The molecule has 8 N–H and O–H groups in total. The number of H-pyrrole nitrogens is 1. The molecule has 0 saturated carbocycles. The maximum atomic E-state index is 12.5. The number of aromatic nitrogens is 8. The summed E-state index contributed by atoms with van der Waals surface area (Å²) in [5.41, 5.74) is 18.0. The number of anilines is 2. The van der Waals surface area contributed by atoms with Gasteiger partial charge in [-0.05, 0) is 24.3 Å². The number of nitrogens with zero attached hydrogens (tertiary/aromatic N) is 7. The van der Waals surface area contributed by atoms with Crippen molar-refractivity contribution >= 4 is 34.9 Å². The first kappa shape index (κ1) is 23.2. The number of imidazole rings is 1. The molecule has 6 atom stereocenters. The number of esters is 2. The topological polar surface area (TPSA) is 250 Å². The lowest BCUT2D eigenvalue weighted by atomic mass is 10.1. The molecule has 0 radical (unpaired) electrons. The molecule has 1 aliphatic heterocycles. The summed E-state index contributed by atoms with van der Waals surface area (Å²) in [5, 5.41) is 16.3.